The Kier molecular flexibility index (Phi) is 4.99. The van der Waals surface area contributed by atoms with Crippen LogP contribution < -0.4 is 10.9 Å². The Balaban J connectivity index is 1.74. The molecular weight excluding hydrogens is 308 g/mol. The molecule has 0 spiro atoms. The third kappa shape index (κ3) is 3.74. The first kappa shape index (κ1) is 16.4. The Labute approximate surface area is 141 Å². The average Bonchev–Trinajstić information content (AvgIpc) is 2.77. The van der Waals surface area contributed by atoms with Gasteiger partial charge in [0.2, 0.25) is 10.1 Å². The molecule has 126 valence electrons. The minimum Gasteiger partial charge on any atom is -0.357 e. The van der Waals surface area contributed by atoms with E-state index in [1.807, 2.05) is 6.92 Å². The maximum absolute atomic E-state index is 12.1. The normalized spacial score (nSPS) is 22.4. The molecule has 0 aromatic carbocycles. The molecule has 2 atom stereocenters. The fourth-order valence-corrected chi connectivity index (χ4v) is 4.31. The van der Waals surface area contributed by atoms with Gasteiger partial charge in [-0.3, -0.25) is 4.79 Å². The summed E-state index contributed by atoms with van der Waals surface area (Å²) in [5, 5.41) is 8.77. The van der Waals surface area contributed by atoms with Gasteiger partial charge in [-0.1, -0.05) is 44.9 Å². The van der Waals surface area contributed by atoms with Gasteiger partial charge in [-0.25, -0.2) is 4.98 Å². The molecule has 1 aliphatic carbocycles. The molecule has 1 saturated carbocycles. The smallest absolute Gasteiger partial charge is 0.275 e. The lowest BCUT2D eigenvalue weighted by molar-refractivity contribution is 0.341. The molecule has 0 radical (unpaired) electrons. The molecule has 1 fully saturated rings. The van der Waals surface area contributed by atoms with Gasteiger partial charge in [0.1, 0.15) is 0 Å². The predicted octanol–water partition coefficient (Wildman–Crippen LogP) is 3.73. The number of aromatic nitrogens is 3. The SMILES string of the molecule is CCc1cc(=O)n2nc(NC3CCCC(C(C)C)CC3)sc2n1. The van der Waals surface area contributed by atoms with Crippen molar-refractivity contribution in [2.24, 2.45) is 11.8 Å². The minimum absolute atomic E-state index is 0.0862. The van der Waals surface area contributed by atoms with Gasteiger partial charge < -0.3 is 5.32 Å². The summed E-state index contributed by atoms with van der Waals surface area (Å²) >= 11 is 1.48. The lowest BCUT2D eigenvalue weighted by atomic mass is 9.89. The molecule has 2 unspecified atom stereocenters. The molecule has 0 saturated heterocycles. The van der Waals surface area contributed by atoms with Crippen molar-refractivity contribution in [1.82, 2.24) is 14.6 Å². The molecule has 3 rings (SSSR count). The number of rotatable bonds is 4. The first-order chi connectivity index (χ1) is 11.1. The third-order valence-corrected chi connectivity index (χ3v) is 5.78. The number of fused-ring (bicyclic) bond motifs is 1. The van der Waals surface area contributed by atoms with E-state index in [1.54, 1.807) is 6.07 Å². The van der Waals surface area contributed by atoms with Gasteiger partial charge in [0.15, 0.2) is 0 Å². The van der Waals surface area contributed by atoms with Crippen molar-refractivity contribution in [1.29, 1.82) is 0 Å². The van der Waals surface area contributed by atoms with Crippen LogP contribution in [-0.4, -0.2) is 20.6 Å². The first-order valence-corrected chi connectivity index (χ1v) is 9.54. The zero-order chi connectivity index (χ0) is 16.4. The fraction of sp³-hybridized carbons (Fsp3) is 0.706. The highest BCUT2D eigenvalue weighted by molar-refractivity contribution is 7.20. The minimum atomic E-state index is -0.0862. The summed E-state index contributed by atoms with van der Waals surface area (Å²) in [5.74, 6) is 1.61. The third-order valence-electron chi connectivity index (χ3n) is 4.94. The van der Waals surface area contributed by atoms with Gasteiger partial charge >= 0.3 is 0 Å². The summed E-state index contributed by atoms with van der Waals surface area (Å²) in [6.45, 7) is 6.67. The molecule has 0 amide bonds. The number of nitrogens with one attached hydrogen (secondary N) is 1. The van der Waals surface area contributed by atoms with Crippen LogP contribution in [0.4, 0.5) is 5.13 Å². The van der Waals surface area contributed by atoms with E-state index >= 15 is 0 Å². The molecule has 2 aromatic rings. The van der Waals surface area contributed by atoms with Gasteiger partial charge in [-0.05, 0) is 37.5 Å². The molecule has 5 nitrogen and oxygen atoms in total. The summed E-state index contributed by atoms with van der Waals surface area (Å²) in [7, 11) is 0. The zero-order valence-corrected chi connectivity index (χ0v) is 15.0. The standard InChI is InChI=1S/C17H26N4OS/c1-4-13-10-15(22)21-17(19-13)23-16(20-21)18-14-7-5-6-12(8-9-14)11(2)3/h10-12,14H,4-9H2,1-3H3,(H,18,20). The molecule has 1 aliphatic rings. The molecule has 6 heteroatoms. The van der Waals surface area contributed by atoms with Gasteiger partial charge in [0.05, 0.1) is 0 Å². The van der Waals surface area contributed by atoms with Crippen LogP contribution in [-0.2, 0) is 6.42 Å². The molecule has 0 bridgehead atoms. The van der Waals surface area contributed by atoms with E-state index in [0.717, 1.165) is 29.1 Å². The topological polar surface area (TPSA) is 59.3 Å². The van der Waals surface area contributed by atoms with Crippen molar-refractivity contribution in [2.45, 2.75) is 65.3 Å². The van der Waals surface area contributed by atoms with Gasteiger partial charge in [-0.15, -0.1) is 5.10 Å². The van der Waals surface area contributed by atoms with E-state index in [4.69, 9.17) is 0 Å². The Bertz CT molecular complexity index is 721. The van der Waals surface area contributed by atoms with Crippen molar-refractivity contribution in [3.63, 3.8) is 0 Å². The monoisotopic (exact) mass is 334 g/mol. The van der Waals surface area contributed by atoms with Crippen LogP contribution in [0.15, 0.2) is 10.9 Å². The Hall–Kier alpha value is -1.43. The predicted molar refractivity (Wildman–Crippen MR) is 95.3 cm³/mol. The summed E-state index contributed by atoms with van der Waals surface area (Å²) in [4.78, 5) is 17.3. The number of nitrogens with zero attached hydrogens (tertiary/aromatic N) is 3. The summed E-state index contributed by atoms with van der Waals surface area (Å²) < 4.78 is 1.42. The van der Waals surface area contributed by atoms with Crippen molar-refractivity contribution in [3.05, 3.63) is 22.1 Å². The van der Waals surface area contributed by atoms with Crippen LogP contribution in [0, 0.1) is 11.8 Å². The van der Waals surface area contributed by atoms with Crippen LogP contribution in [0.5, 0.6) is 0 Å². The fourth-order valence-electron chi connectivity index (χ4n) is 3.41. The molecule has 0 aliphatic heterocycles. The molecule has 23 heavy (non-hydrogen) atoms. The van der Waals surface area contributed by atoms with Crippen LogP contribution in [0.2, 0.25) is 0 Å². The maximum Gasteiger partial charge on any atom is 0.275 e. The quantitative estimate of drug-likeness (QED) is 0.866. The van der Waals surface area contributed by atoms with Crippen LogP contribution in [0.3, 0.4) is 0 Å². The Morgan fingerprint density at radius 1 is 1.35 bits per heavy atom. The summed E-state index contributed by atoms with van der Waals surface area (Å²) in [6.07, 6.45) is 7.01. The van der Waals surface area contributed by atoms with Gasteiger partial charge in [0.25, 0.3) is 5.56 Å². The second kappa shape index (κ2) is 6.99. The molecule has 1 N–H and O–H groups in total. The van der Waals surface area contributed by atoms with E-state index in [2.05, 4.69) is 29.2 Å². The zero-order valence-electron chi connectivity index (χ0n) is 14.2. The van der Waals surface area contributed by atoms with Crippen LogP contribution >= 0.6 is 11.3 Å². The highest BCUT2D eigenvalue weighted by Crippen LogP contribution is 2.30. The maximum atomic E-state index is 12.1. The highest BCUT2D eigenvalue weighted by Gasteiger charge is 2.22. The number of hydrogen-bond donors (Lipinski definition) is 1. The molecule has 2 aromatic heterocycles. The average molecular weight is 334 g/mol. The summed E-state index contributed by atoms with van der Waals surface area (Å²) in [6, 6.07) is 2.04. The first-order valence-electron chi connectivity index (χ1n) is 8.73. The number of hydrogen-bond acceptors (Lipinski definition) is 5. The Morgan fingerprint density at radius 3 is 2.91 bits per heavy atom. The van der Waals surface area contributed by atoms with E-state index in [1.165, 1.54) is 48.0 Å². The van der Waals surface area contributed by atoms with Crippen molar-refractivity contribution < 1.29 is 0 Å². The van der Waals surface area contributed by atoms with E-state index in [0.29, 0.717) is 11.0 Å². The van der Waals surface area contributed by atoms with Gasteiger partial charge in [0, 0.05) is 17.8 Å². The second-order valence-corrected chi connectivity index (χ2v) is 7.85. The molecular formula is C17H26N4OS. The Morgan fingerprint density at radius 2 is 2.17 bits per heavy atom. The lowest BCUT2D eigenvalue weighted by Gasteiger charge is -2.18. The van der Waals surface area contributed by atoms with Crippen molar-refractivity contribution in [3.8, 4) is 0 Å². The number of anilines is 1. The van der Waals surface area contributed by atoms with E-state index in [9.17, 15) is 4.79 Å². The second-order valence-electron chi connectivity index (χ2n) is 6.89. The van der Waals surface area contributed by atoms with Gasteiger partial charge in [-0.2, -0.15) is 4.52 Å². The van der Waals surface area contributed by atoms with Crippen molar-refractivity contribution in [2.75, 3.05) is 5.32 Å². The largest absolute Gasteiger partial charge is 0.357 e. The van der Waals surface area contributed by atoms with Crippen LogP contribution in [0.25, 0.3) is 4.96 Å². The highest BCUT2D eigenvalue weighted by atomic mass is 32.1. The number of aryl methyl sites for hydroxylation is 1. The van der Waals surface area contributed by atoms with Crippen LogP contribution in [0.1, 0.15) is 58.6 Å². The van der Waals surface area contributed by atoms with E-state index < -0.39 is 0 Å². The van der Waals surface area contributed by atoms with Crippen molar-refractivity contribution >= 4 is 21.4 Å². The summed E-state index contributed by atoms with van der Waals surface area (Å²) in [5.41, 5.74) is 0.747. The van der Waals surface area contributed by atoms with E-state index in [-0.39, 0.29) is 5.56 Å². The lowest BCUT2D eigenvalue weighted by Crippen LogP contribution is -2.20. The molecule has 2 heterocycles.